The highest BCUT2D eigenvalue weighted by atomic mass is 19.1. The lowest BCUT2D eigenvalue weighted by Gasteiger charge is -2.56. The van der Waals surface area contributed by atoms with Gasteiger partial charge in [0.1, 0.15) is 17.7 Å². The average Bonchev–Trinajstić information content (AvgIpc) is 3.42. The first-order valence-electron chi connectivity index (χ1n) is 13.0. The van der Waals surface area contributed by atoms with Crippen LogP contribution in [0, 0.1) is 29.5 Å². The summed E-state index contributed by atoms with van der Waals surface area (Å²) in [6.07, 6.45) is 15.0. The molecule has 3 aliphatic heterocycles. The molecule has 198 valence electrons. The number of rotatable bonds is 6. The van der Waals surface area contributed by atoms with Crippen molar-refractivity contribution in [3.05, 3.63) is 89.3 Å². The van der Waals surface area contributed by atoms with Gasteiger partial charge in [-0.05, 0) is 30.7 Å². The SMILES string of the molecule is C#Cc1cccc(CN2C3CC2CN(c2ccc(-c4cc(C(C=NC)=CN)cn5ncc(C#N)c45)cn2)C3)c1F. The highest BCUT2D eigenvalue weighted by molar-refractivity contribution is 6.10. The average molecular weight is 531 g/mol. The van der Waals surface area contributed by atoms with Crippen molar-refractivity contribution in [3.63, 3.8) is 0 Å². The Morgan fingerprint density at radius 3 is 2.73 bits per heavy atom. The van der Waals surface area contributed by atoms with Gasteiger partial charge in [-0.2, -0.15) is 10.4 Å². The Hall–Kier alpha value is -4.99. The number of hydrogen-bond donors (Lipinski definition) is 1. The summed E-state index contributed by atoms with van der Waals surface area (Å²) < 4.78 is 16.4. The molecule has 2 unspecified atom stereocenters. The number of allylic oxidation sites excluding steroid dienone is 1. The molecule has 0 aliphatic carbocycles. The summed E-state index contributed by atoms with van der Waals surface area (Å²) >= 11 is 0. The van der Waals surface area contributed by atoms with E-state index in [9.17, 15) is 9.65 Å². The van der Waals surface area contributed by atoms with Crippen molar-refractivity contribution in [3.8, 4) is 29.5 Å². The van der Waals surface area contributed by atoms with Crippen LogP contribution in [0.1, 0.15) is 28.7 Å². The van der Waals surface area contributed by atoms with Crippen LogP contribution in [0.15, 0.2) is 66.2 Å². The number of aromatic nitrogens is 3. The summed E-state index contributed by atoms with van der Waals surface area (Å²) in [5.74, 6) is 3.02. The Kier molecular flexibility index (Phi) is 6.51. The van der Waals surface area contributed by atoms with Crippen LogP contribution in [0.25, 0.3) is 22.2 Å². The maximum absolute atomic E-state index is 14.7. The molecule has 3 aromatic heterocycles. The summed E-state index contributed by atoms with van der Waals surface area (Å²) in [5, 5.41) is 14.1. The molecule has 2 N–H and O–H groups in total. The standard InChI is InChI=1S/C31H27FN8/c1-3-20-5-4-6-22(30(20)32)16-39-26-10-27(39)19-38(18-26)29-8-7-21(14-36-29)28-9-23(24(11-33)13-35-2)17-40-31(28)25(12-34)15-37-40/h1,4-9,11,13-15,17,26-27H,10,16,18-19,33H2,2H3. The zero-order valence-electron chi connectivity index (χ0n) is 22.0. The Labute approximate surface area is 231 Å². The quantitative estimate of drug-likeness (QED) is 0.300. The molecule has 6 heterocycles. The largest absolute Gasteiger partial charge is 0.404 e. The number of nitriles is 1. The van der Waals surface area contributed by atoms with Gasteiger partial charge in [0.2, 0.25) is 0 Å². The van der Waals surface area contributed by atoms with Gasteiger partial charge >= 0.3 is 0 Å². The monoisotopic (exact) mass is 530 g/mol. The van der Waals surface area contributed by atoms with E-state index in [1.807, 2.05) is 42.7 Å². The number of aliphatic imine (C=N–C) groups is 1. The normalized spacial score (nSPS) is 19.0. The fourth-order valence-corrected chi connectivity index (χ4v) is 5.81. The molecule has 2 bridgehead atoms. The Morgan fingerprint density at radius 1 is 1.23 bits per heavy atom. The van der Waals surface area contributed by atoms with Gasteiger partial charge in [-0.1, -0.05) is 18.1 Å². The molecule has 0 saturated carbocycles. The highest BCUT2D eigenvalue weighted by Gasteiger charge is 2.45. The lowest BCUT2D eigenvalue weighted by Crippen LogP contribution is -2.68. The first kappa shape index (κ1) is 25.3. The molecule has 3 saturated heterocycles. The summed E-state index contributed by atoms with van der Waals surface area (Å²) in [5.41, 5.74) is 11.3. The van der Waals surface area contributed by atoms with Gasteiger partial charge < -0.3 is 10.6 Å². The van der Waals surface area contributed by atoms with Crippen LogP contribution < -0.4 is 10.6 Å². The lowest BCUT2D eigenvalue weighted by atomic mass is 9.86. The molecule has 3 fully saturated rings. The van der Waals surface area contributed by atoms with Gasteiger partial charge in [0.25, 0.3) is 0 Å². The molecule has 4 aromatic rings. The molecule has 7 rings (SSSR count). The third kappa shape index (κ3) is 4.27. The van der Waals surface area contributed by atoms with E-state index in [0.717, 1.165) is 47.6 Å². The molecule has 9 heteroatoms. The predicted molar refractivity (Wildman–Crippen MR) is 154 cm³/mol. The van der Waals surface area contributed by atoms with Crippen LogP contribution in [0.2, 0.25) is 0 Å². The summed E-state index contributed by atoms with van der Waals surface area (Å²) in [6.45, 7) is 2.19. The lowest BCUT2D eigenvalue weighted by molar-refractivity contribution is -0.00946. The second-order valence-corrected chi connectivity index (χ2v) is 10.1. The second kappa shape index (κ2) is 10.3. The van der Waals surface area contributed by atoms with Gasteiger partial charge in [0.05, 0.1) is 22.8 Å². The van der Waals surface area contributed by atoms with Gasteiger partial charge in [0.15, 0.2) is 0 Å². The third-order valence-electron chi connectivity index (χ3n) is 7.83. The van der Waals surface area contributed by atoms with Crippen molar-refractivity contribution in [1.29, 1.82) is 5.26 Å². The van der Waals surface area contributed by atoms with E-state index in [4.69, 9.17) is 17.1 Å². The predicted octanol–water partition coefficient (Wildman–Crippen LogP) is 3.85. The number of piperazine rings is 1. The molecule has 1 aromatic carbocycles. The molecule has 0 spiro atoms. The van der Waals surface area contributed by atoms with Crippen molar-refractivity contribution >= 4 is 23.1 Å². The molecular formula is C31H27FN8. The first-order valence-corrected chi connectivity index (χ1v) is 13.0. The number of nitrogens with zero attached hydrogens (tertiary/aromatic N) is 7. The van der Waals surface area contributed by atoms with E-state index >= 15 is 0 Å². The summed E-state index contributed by atoms with van der Waals surface area (Å²) in [6, 6.07) is 14.2. The highest BCUT2D eigenvalue weighted by Crippen LogP contribution is 2.37. The van der Waals surface area contributed by atoms with Crippen LogP contribution in [0.3, 0.4) is 0 Å². The molecular weight excluding hydrogens is 503 g/mol. The topological polar surface area (TPSA) is 98.8 Å². The Bertz CT molecular complexity index is 1730. The summed E-state index contributed by atoms with van der Waals surface area (Å²) in [4.78, 5) is 13.5. The van der Waals surface area contributed by atoms with E-state index in [2.05, 4.69) is 31.9 Å². The minimum absolute atomic E-state index is 0.295. The van der Waals surface area contributed by atoms with Gasteiger partial charge in [-0.25, -0.2) is 13.9 Å². The number of pyridine rings is 2. The van der Waals surface area contributed by atoms with Crippen LogP contribution in [-0.4, -0.2) is 57.9 Å². The zero-order valence-corrected chi connectivity index (χ0v) is 22.0. The van der Waals surface area contributed by atoms with Crippen molar-refractivity contribution in [2.75, 3.05) is 25.0 Å². The van der Waals surface area contributed by atoms with Crippen molar-refractivity contribution in [2.24, 2.45) is 10.7 Å². The fourth-order valence-electron chi connectivity index (χ4n) is 5.81. The number of fused-ring (bicyclic) bond motifs is 3. The van der Waals surface area contributed by atoms with Crippen molar-refractivity contribution in [1.82, 2.24) is 19.5 Å². The number of terminal acetylenes is 1. The first-order chi connectivity index (χ1) is 19.5. The fraction of sp³-hybridized carbons (Fsp3) is 0.226. The Balaban J connectivity index is 1.24. The van der Waals surface area contributed by atoms with E-state index in [-0.39, 0.29) is 5.82 Å². The van der Waals surface area contributed by atoms with E-state index in [1.165, 1.54) is 6.20 Å². The molecule has 8 nitrogen and oxygen atoms in total. The maximum atomic E-state index is 14.7. The van der Waals surface area contributed by atoms with Crippen LogP contribution >= 0.6 is 0 Å². The van der Waals surface area contributed by atoms with Crippen molar-refractivity contribution in [2.45, 2.75) is 25.0 Å². The van der Waals surface area contributed by atoms with E-state index in [0.29, 0.717) is 40.8 Å². The van der Waals surface area contributed by atoms with E-state index < -0.39 is 0 Å². The molecule has 2 atom stereocenters. The number of anilines is 1. The van der Waals surface area contributed by atoms with Crippen LogP contribution in [0.4, 0.5) is 10.2 Å². The molecule has 0 amide bonds. The molecule has 40 heavy (non-hydrogen) atoms. The molecule has 0 radical (unpaired) electrons. The summed E-state index contributed by atoms with van der Waals surface area (Å²) in [7, 11) is 1.69. The number of halogens is 1. The third-order valence-corrected chi connectivity index (χ3v) is 7.83. The van der Waals surface area contributed by atoms with Gasteiger partial charge in [0, 0.05) is 91.4 Å². The van der Waals surface area contributed by atoms with E-state index in [1.54, 1.807) is 30.0 Å². The minimum Gasteiger partial charge on any atom is -0.404 e. The number of hydrogen-bond acceptors (Lipinski definition) is 7. The smallest absolute Gasteiger partial charge is 0.143 e. The molecule has 3 aliphatic rings. The second-order valence-electron chi connectivity index (χ2n) is 10.1. The van der Waals surface area contributed by atoms with Gasteiger partial charge in [-0.15, -0.1) is 6.42 Å². The minimum atomic E-state index is -0.295. The number of benzene rings is 1. The van der Waals surface area contributed by atoms with Crippen molar-refractivity contribution < 1.29 is 4.39 Å². The zero-order chi connectivity index (χ0) is 27.8. The maximum Gasteiger partial charge on any atom is 0.143 e. The number of nitrogens with two attached hydrogens (primary N) is 1. The van der Waals surface area contributed by atoms with Gasteiger partial charge in [-0.3, -0.25) is 9.89 Å². The van der Waals surface area contributed by atoms with Crippen LogP contribution in [0.5, 0.6) is 0 Å². The number of piperidine rings is 1. The van der Waals surface area contributed by atoms with Crippen LogP contribution in [-0.2, 0) is 6.54 Å². The Morgan fingerprint density at radius 2 is 2.05 bits per heavy atom.